The standard InChI is InChI=1S/C24H18FN3O3/c25-23-18(9-4-10-21(23)29)20-14-28-22(15-27(20)13-16-6-2-1-3-7-16)26-19(24(28)30)12-17-8-5-11-31-17/h1-11,14-15,29H,12-13H2. The van der Waals surface area contributed by atoms with Crippen LogP contribution in [0.2, 0.25) is 0 Å². The predicted octanol–water partition coefficient (Wildman–Crippen LogP) is 4.22. The first-order valence-corrected chi connectivity index (χ1v) is 9.76. The minimum Gasteiger partial charge on any atom is -0.505 e. The van der Waals surface area contributed by atoms with Gasteiger partial charge in [-0.3, -0.25) is 9.36 Å². The summed E-state index contributed by atoms with van der Waals surface area (Å²) >= 11 is 0. The maximum absolute atomic E-state index is 14.8. The Balaban J connectivity index is 1.69. The number of benzene rings is 2. The summed E-state index contributed by atoms with van der Waals surface area (Å²) in [6.45, 7) is 0.441. The number of phenolic OH excluding ortho intramolecular Hbond substituents is 1. The van der Waals surface area contributed by atoms with Gasteiger partial charge in [0.15, 0.2) is 17.4 Å². The van der Waals surface area contributed by atoms with Crippen LogP contribution in [0.4, 0.5) is 4.39 Å². The molecule has 2 aliphatic heterocycles. The van der Waals surface area contributed by atoms with E-state index in [1.54, 1.807) is 42.9 Å². The summed E-state index contributed by atoms with van der Waals surface area (Å²) in [4.78, 5) is 17.5. The molecule has 0 fully saturated rings. The maximum atomic E-state index is 14.8. The maximum Gasteiger partial charge on any atom is 0.278 e. The molecule has 31 heavy (non-hydrogen) atoms. The van der Waals surface area contributed by atoms with Crippen molar-refractivity contribution in [2.24, 2.45) is 0 Å². The van der Waals surface area contributed by atoms with Crippen molar-refractivity contribution in [3.05, 3.63) is 113 Å². The molecular formula is C24H18FN3O3. The molecule has 0 amide bonds. The number of aromatic nitrogens is 3. The minimum absolute atomic E-state index is 0.193. The van der Waals surface area contributed by atoms with Gasteiger partial charge < -0.3 is 14.1 Å². The van der Waals surface area contributed by atoms with Gasteiger partial charge >= 0.3 is 0 Å². The molecule has 154 valence electrons. The van der Waals surface area contributed by atoms with Gasteiger partial charge in [-0.15, -0.1) is 0 Å². The number of halogens is 1. The van der Waals surface area contributed by atoms with E-state index in [1.807, 2.05) is 34.9 Å². The molecule has 3 aromatic rings. The molecule has 0 unspecified atom stereocenters. The largest absolute Gasteiger partial charge is 0.505 e. The molecule has 1 N–H and O–H groups in total. The van der Waals surface area contributed by atoms with Crippen LogP contribution in [0.1, 0.15) is 17.0 Å². The summed E-state index contributed by atoms with van der Waals surface area (Å²) in [7, 11) is 0. The topological polar surface area (TPSA) is 73.2 Å². The van der Waals surface area contributed by atoms with Crippen LogP contribution in [0.15, 0.2) is 88.5 Å². The van der Waals surface area contributed by atoms with E-state index in [0.717, 1.165) is 5.56 Å². The van der Waals surface area contributed by atoms with E-state index >= 15 is 0 Å². The monoisotopic (exact) mass is 415 g/mol. The SMILES string of the molecule is O=c1c(Cc2ccco2)nc2cn(Cc3ccccc3)c(-c3cccc(O)c3F)cn1-2. The van der Waals surface area contributed by atoms with Crippen molar-refractivity contribution in [2.75, 3.05) is 0 Å². The Morgan fingerprint density at radius 1 is 1.00 bits per heavy atom. The Labute approximate surface area is 176 Å². The van der Waals surface area contributed by atoms with Gasteiger partial charge in [-0.2, -0.15) is 0 Å². The number of imidazole rings is 1. The molecule has 0 spiro atoms. The van der Waals surface area contributed by atoms with E-state index < -0.39 is 11.6 Å². The first kappa shape index (κ1) is 18.9. The molecule has 6 nitrogen and oxygen atoms in total. The van der Waals surface area contributed by atoms with E-state index in [0.29, 0.717) is 29.5 Å². The first-order valence-electron chi connectivity index (χ1n) is 9.76. The van der Waals surface area contributed by atoms with Crippen molar-refractivity contribution in [2.45, 2.75) is 13.0 Å². The average Bonchev–Trinajstić information content (AvgIpc) is 3.39. The highest BCUT2D eigenvalue weighted by molar-refractivity contribution is 5.63. The third-order valence-corrected chi connectivity index (χ3v) is 5.17. The number of hydrogen-bond donors (Lipinski definition) is 1. The van der Waals surface area contributed by atoms with Gasteiger partial charge in [0.05, 0.1) is 18.4 Å². The van der Waals surface area contributed by atoms with Crippen LogP contribution in [0, 0.1) is 5.82 Å². The third kappa shape index (κ3) is 3.50. The molecule has 2 aromatic carbocycles. The quantitative estimate of drug-likeness (QED) is 0.467. The fourth-order valence-corrected chi connectivity index (χ4v) is 3.65. The fourth-order valence-electron chi connectivity index (χ4n) is 3.65. The van der Waals surface area contributed by atoms with E-state index in [2.05, 4.69) is 4.98 Å². The number of fused-ring (bicyclic) bond motifs is 1. The van der Waals surface area contributed by atoms with Gasteiger partial charge in [-0.05, 0) is 29.8 Å². The van der Waals surface area contributed by atoms with Gasteiger partial charge in [0.1, 0.15) is 11.5 Å². The van der Waals surface area contributed by atoms with E-state index in [9.17, 15) is 14.3 Å². The summed E-state index contributed by atoms with van der Waals surface area (Å²) in [5.41, 5.74) is 1.69. The molecule has 7 heteroatoms. The second-order valence-electron chi connectivity index (χ2n) is 7.24. The van der Waals surface area contributed by atoms with Crippen LogP contribution in [-0.2, 0) is 13.0 Å². The Bertz CT molecular complexity index is 1370. The van der Waals surface area contributed by atoms with Crippen LogP contribution < -0.4 is 5.56 Å². The van der Waals surface area contributed by atoms with Crippen molar-refractivity contribution in [3.63, 3.8) is 0 Å². The van der Waals surface area contributed by atoms with Crippen LogP contribution in [-0.4, -0.2) is 19.2 Å². The second-order valence-corrected chi connectivity index (χ2v) is 7.24. The van der Waals surface area contributed by atoms with E-state index in [4.69, 9.17) is 4.42 Å². The van der Waals surface area contributed by atoms with Gasteiger partial charge in [-0.1, -0.05) is 36.4 Å². The Morgan fingerprint density at radius 3 is 2.61 bits per heavy atom. The van der Waals surface area contributed by atoms with Crippen molar-refractivity contribution in [1.29, 1.82) is 0 Å². The van der Waals surface area contributed by atoms with Crippen molar-refractivity contribution < 1.29 is 13.9 Å². The molecule has 2 aliphatic rings. The zero-order valence-corrected chi connectivity index (χ0v) is 16.4. The number of nitrogens with zero attached hydrogens (tertiary/aromatic N) is 3. The highest BCUT2D eigenvalue weighted by Crippen LogP contribution is 2.30. The van der Waals surface area contributed by atoms with E-state index in [-0.39, 0.29) is 17.5 Å². The normalized spacial score (nSPS) is 11.3. The minimum atomic E-state index is -0.743. The molecule has 5 rings (SSSR count). The number of phenols is 1. The lowest BCUT2D eigenvalue weighted by molar-refractivity contribution is 0.433. The molecule has 0 atom stereocenters. The lowest BCUT2D eigenvalue weighted by atomic mass is 10.1. The van der Waals surface area contributed by atoms with Crippen LogP contribution in [0.5, 0.6) is 5.75 Å². The first-order chi connectivity index (χ1) is 15.1. The van der Waals surface area contributed by atoms with Gasteiger partial charge in [-0.25, -0.2) is 9.37 Å². The molecule has 0 aliphatic carbocycles. The third-order valence-electron chi connectivity index (χ3n) is 5.17. The zero-order valence-electron chi connectivity index (χ0n) is 16.4. The van der Waals surface area contributed by atoms with Crippen LogP contribution in [0.25, 0.3) is 17.1 Å². The van der Waals surface area contributed by atoms with E-state index in [1.165, 1.54) is 10.6 Å². The van der Waals surface area contributed by atoms with Crippen LogP contribution in [0.3, 0.4) is 0 Å². The number of rotatable bonds is 5. The van der Waals surface area contributed by atoms with Gasteiger partial charge in [0.2, 0.25) is 0 Å². The molecule has 0 bridgehead atoms. The smallest absolute Gasteiger partial charge is 0.278 e. The highest BCUT2D eigenvalue weighted by atomic mass is 19.1. The molecular weight excluding hydrogens is 397 g/mol. The summed E-state index contributed by atoms with van der Waals surface area (Å²) < 4.78 is 23.4. The molecule has 0 saturated heterocycles. The number of furan rings is 1. The van der Waals surface area contributed by atoms with Gasteiger partial charge in [0, 0.05) is 24.5 Å². The molecule has 3 heterocycles. The lowest BCUT2D eigenvalue weighted by Gasteiger charge is -2.17. The lowest BCUT2D eigenvalue weighted by Crippen LogP contribution is -2.18. The summed E-state index contributed by atoms with van der Waals surface area (Å²) in [6, 6.07) is 17.7. The predicted molar refractivity (Wildman–Crippen MR) is 113 cm³/mol. The van der Waals surface area contributed by atoms with Crippen molar-refractivity contribution in [3.8, 4) is 22.8 Å². The van der Waals surface area contributed by atoms with Crippen molar-refractivity contribution >= 4 is 0 Å². The summed E-state index contributed by atoms with van der Waals surface area (Å²) in [5.74, 6) is -0.105. The van der Waals surface area contributed by atoms with Gasteiger partial charge in [0.25, 0.3) is 5.56 Å². The average molecular weight is 415 g/mol. The zero-order chi connectivity index (χ0) is 21.4. The Hall–Kier alpha value is -4.13. The number of hydrogen-bond acceptors (Lipinski definition) is 4. The second kappa shape index (κ2) is 7.60. The summed E-state index contributed by atoms with van der Waals surface area (Å²) in [5, 5.41) is 9.88. The number of aromatic hydroxyl groups is 1. The molecule has 0 radical (unpaired) electrons. The Morgan fingerprint density at radius 2 is 1.84 bits per heavy atom. The van der Waals surface area contributed by atoms with Crippen molar-refractivity contribution in [1.82, 2.24) is 14.1 Å². The fraction of sp³-hybridized carbons (Fsp3) is 0.0833. The molecule has 0 saturated carbocycles. The highest BCUT2D eigenvalue weighted by Gasteiger charge is 2.20. The summed E-state index contributed by atoms with van der Waals surface area (Å²) in [6.07, 6.45) is 5.10. The Kier molecular flexibility index (Phi) is 4.63. The van der Waals surface area contributed by atoms with Crippen LogP contribution >= 0.6 is 0 Å². The molecule has 1 aromatic heterocycles.